The Kier molecular flexibility index (Phi) is 2.07. The van der Waals surface area contributed by atoms with E-state index in [9.17, 15) is 0 Å². The van der Waals surface area contributed by atoms with E-state index < -0.39 is 0 Å². The molecule has 1 aliphatic carbocycles. The van der Waals surface area contributed by atoms with E-state index in [0.717, 1.165) is 25.7 Å². The van der Waals surface area contributed by atoms with Gasteiger partial charge in [0, 0.05) is 0 Å². The summed E-state index contributed by atoms with van der Waals surface area (Å²) in [5, 5.41) is 15.9. The zero-order chi connectivity index (χ0) is 6.69. The highest BCUT2D eigenvalue weighted by Crippen LogP contribution is 2.22. The van der Waals surface area contributed by atoms with E-state index >= 15 is 0 Å². The molecular formula is C7H12NO+. The fourth-order valence-corrected chi connectivity index (χ4v) is 1.22. The van der Waals surface area contributed by atoms with Crippen LogP contribution in [0, 0.1) is 12.0 Å². The zero-order valence-electron chi connectivity index (χ0n) is 5.43. The van der Waals surface area contributed by atoms with Crippen LogP contribution in [0.4, 0.5) is 0 Å². The zero-order valence-corrected chi connectivity index (χ0v) is 5.43. The van der Waals surface area contributed by atoms with Crippen LogP contribution in [0.5, 0.6) is 0 Å². The van der Waals surface area contributed by atoms with Crippen molar-refractivity contribution in [3.63, 3.8) is 0 Å². The molecule has 2 heteroatoms. The Bertz CT molecular complexity index is 119. The van der Waals surface area contributed by atoms with E-state index in [1.165, 1.54) is 0 Å². The van der Waals surface area contributed by atoms with E-state index in [2.05, 4.69) is 6.07 Å². The van der Waals surface area contributed by atoms with Gasteiger partial charge in [-0.15, -0.1) is 5.26 Å². The van der Waals surface area contributed by atoms with Crippen LogP contribution in [0.1, 0.15) is 25.7 Å². The third-order valence-electron chi connectivity index (χ3n) is 1.90. The number of nitrogens with one attached hydrogen (secondary N) is 1. The van der Waals surface area contributed by atoms with Gasteiger partial charge in [0.25, 0.3) is 6.07 Å². The second-order valence-corrected chi connectivity index (χ2v) is 2.65. The van der Waals surface area contributed by atoms with Gasteiger partial charge in [0.1, 0.15) is 0 Å². The van der Waals surface area contributed by atoms with E-state index in [1.54, 1.807) is 0 Å². The van der Waals surface area contributed by atoms with Crippen molar-refractivity contribution < 1.29 is 10.4 Å². The van der Waals surface area contributed by atoms with Crippen molar-refractivity contribution in [2.45, 2.75) is 31.8 Å². The Morgan fingerprint density at radius 2 is 1.78 bits per heavy atom. The smallest absolute Gasteiger partial charge is 0.273 e. The molecule has 0 bridgehead atoms. The number of rotatable bonds is 0. The normalized spacial score (nSPS) is 35.6. The van der Waals surface area contributed by atoms with Crippen molar-refractivity contribution in [3.8, 4) is 6.07 Å². The highest BCUT2D eigenvalue weighted by molar-refractivity contribution is 4.85. The van der Waals surface area contributed by atoms with Gasteiger partial charge >= 0.3 is 0 Å². The lowest BCUT2D eigenvalue weighted by Crippen LogP contribution is -2.25. The lowest BCUT2D eigenvalue weighted by Gasteiger charge is -2.17. The Labute approximate surface area is 55.1 Å². The molecule has 2 N–H and O–H groups in total. The van der Waals surface area contributed by atoms with Gasteiger partial charge in [0.15, 0.2) is 0 Å². The first-order valence-electron chi connectivity index (χ1n) is 3.43. The van der Waals surface area contributed by atoms with Gasteiger partial charge in [0.05, 0.1) is 12.0 Å². The van der Waals surface area contributed by atoms with Crippen molar-refractivity contribution in [2.24, 2.45) is 5.92 Å². The molecule has 0 aliphatic heterocycles. The summed E-state index contributed by atoms with van der Waals surface area (Å²) < 4.78 is 0. The summed E-state index contributed by atoms with van der Waals surface area (Å²) in [6.07, 6.45) is 3.51. The maximum Gasteiger partial charge on any atom is 0.273 e. The van der Waals surface area contributed by atoms with Crippen molar-refractivity contribution in [1.29, 1.82) is 0 Å². The first-order chi connectivity index (χ1) is 4.33. The summed E-state index contributed by atoms with van der Waals surface area (Å²) in [6.45, 7) is 0. The molecule has 1 rings (SSSR count). The van der Waals surface area contributed by atoms with Crippen molar-refractivity contribution in [3.05, 3.63) is 0 Å². The molecule has 0 saturated heterocycles. The molecule has 0 aromatic rings. The van der Waals surface area contributed by atoms with Crippen LogP contribution in [0.2, 0.25) is 0 Å². The standard InChI is InChI=1S/C7H11NO/c8-5-6-1-3-7(9)4-2-6/h6-7,9H,1-4H2/p+1. The van der Waals surface area contributed by atoms with Gasteiger partial charge in [-0.25, -0.2) is 0 Å². The monoisotopic (exact) mass is 126 g/mol. The molecule has 9 heavy (non-hydrogen) atoms. The summed E-state index contributed by atoms with van der Waals surface area (Å²) in [6, 6.07) is 2.46. The number of aliphatic hydroxyl groups excluding tert-OH is 1. The first-order valence-corrected chi connectivity index (χ1v) is 3.43. The predicted molar refractivity (Wildman–Crippen MR) is 32.8 cm³/mol. The molecule has 2 nitrogen and oxygen atoms in total. The number of hydrogen-bond donors (Lipinski definition) is 2. The fraction of sp³-hybridized carbons (Fsp3) is 0.857. The molecule has 50 valence electrons. The molecule has 0 spiro atoms. The number of aliphatic hydroxyl groups is 1. The summed E-state index contributed by atoms with van der Waals surface area (Å²) >= 11 is 0. The van der Waals surface area contributed by atoms with E-state index in [0.29, 0.717) is 5.92 Å². The van der Waals surface area contributed by atoms with Crippen molar-refractivity contribution in [1.82, 2.24) is 0 Å². The van der Waals surface area contributed by atoms with Gasteiger partial charge in [-0.1, -0.05) is 0 Å². The number of hydrogen-bond acceptors (Lipinski definition) is 1. The molecule has 1 saturated carbocycles. The minimum atomic E-state index is -0.102. The lowest BCUT2D eigenvalue weighted by atomic mass is 9.89. The van der Waals surface area contributed by atoms with Gasteiger partial charge in [-0.3, -0.25) is 0 Å². The third-order valence-corrected chi connectivity index (χ3v) is 1.90. The molecule has 0 amide bonds. The summed E-state index contributed by atoms with van der Waals surface area (Å²) in [7, 11) is 0. The van der Waals surface area contributed by atoms with Gasteiger partial charge in [-0.2, -0.15) is 0 Å². The summed E-state index contributed by atoms with van der Waals surface area (Å²) in [4.78, 5) is 0. The Morgan fingerprint density at radius 3 is 2.22 bits per heavy atom. The minimum absolute atomic E-state index is 0.102. The van der Waals surface area contributed by atoms with Crippen molar-refractivity contribution >= 4 is 0 Å². The van der Waals surface area contributed by atoms with Gasteiger partial charge in [0.2, 0.25) is 0 Å². The van der Waals surface area contributed by atoms with Crippen LogP contribution in [0.3, 0.4) is 0 Å². The SMILES string of the molecule is [NH+]#CC1CCC(O)CC1. The molecule has 0 heterocycles. The lowest BCUT2D eigenvalue weighted by molar-refractivity contribution is -0.100. The van der Waals surface area contributed by atoms with Crippen LogP contribution in [0.25, 0.3) is 0 Å². The highest BCUT2D eigenvalue weighted by Gasteiger charge is 2.20. The van der Waals surface area contributed by atoms with E-state index in [1.807, 2.05) is 0 Å². The van der Waals surface area contributed by atoms with Crippen LogP contribution in [0.15, 0.2) is 0 Å². The summed E-state index contributed by atoms with van der Waals surface area (Å²) in [5.41, 5.74) is 0. The highest BCUT2D eigenvalue weighted by atomic mass is 16.3. The van der Waals surface area contributed by atoms with E-state index in [-0.39, 0.29) is 6.10 Å². The first kappa shape index (κ1) is 6.57. The average Bonchev–Trinajstić information content (AvgIpc) is 1.90. The van der Waals surface area contributed by atoms with Gasteiger partial charge in [-0.05, 0) is 25.7 Å². The van der Waals surface area contributed by atoms with Crippen LogP contribution in [-0.2, 0) is 0 Å². The molecule has 0 atom stereocenters. The molecule has 0 aromatic heterocycles. The third kappa shape index (κ3) is 1.69. The summed E-state index contributed by atoms with van der Waals surface area (Å²) in [5.74, 6) is 0.327. The maximum atomic E-state index is 9.03. The minimum Gasteiger partial charge on any atom is -0.393 e. The van der Waals surface area contributed by atoms with Crippen LogP contribution >= 0.6 is 0 Å². The van der Waals surface area contributed by atoms with E-state index in [4.69, 9.17) is 10.4 Å². The van der Waals surface area contributed by atoms with Gasteiger partial charge < -0.3 is 5.11 Å². The average molecular weight is 126 g/mol. The molecule has 0 unspecified atom stereocenters. The molecule has 1 fully saturated rings. The Balaban J connectivity index is 2.28. The van der Waals surface area contributed by atoms with Crippen LogP contribution < -0.4 is 5.26 Å². The molecule has 0 radical (unpaired) electrons. The van der Waals surface area contributed by atoms with Crippen LogP contribution in [-0.4, -0.2) is 11.2 Å². The molecular weight excluding hydrogens is 114 g/mol. The quantitative estimate of drug-likeness (QED) is 0.443. The second kappa shape index (κ2) is 2.84. The van der Waals surface area contributed by atoms with Crippen molar-refractivity contribution in [2.75, 3.05) is 0 Å². The Hall–Kier alpha value is -0.550. The maximum absolute atomic E-state index is 9.03. The predicted octanol–water partition coefficient (Wildman–Crippen LogP) is -0.690. The molecule has 0 aromatic carbocycles. The second-order valence-electron chi connectivity index (χ2n) is 2.65. The topological polar surface area (TPSA) is 44.0 Å². The Morgan fingerprint density at radius 1 is 1.22 bits per heavy atom. The molecule has 1 aliphatic rings. The largest absolute Gasteiger partial charge is 0.393 e. The fourth-order valence-electron chi connectivity index (χ4n) is 1.22.